The van der Waals surface area contributed by atoms with Crippen LogP contribution in [0.5, 0.6) is 23.0 Å². The average Bonchev–Trinajstić information content (AvgIpc) is 2.72. The molecule has 3 N–H and O–H groups in total. The molecule has 2 aromatic carbocycles. The van der Waals surface area contributed by atoms with Crippen molar-refractivity contribution >= 4 is 16.9 Å². The molecule has 142 valence electrons. The van der Waals surface area contributed by atoms with Crippen LogP contribution in [0.2, 0.25) is 0 Å². The Morgan fingerprint density at radius 1 is 0.926 bits per heavy atom. The van der Waals surface area contributed by atoms with Crippen LogP contribution in [0.3, 0.4) is 0 Å². The number of hydrogen-bond acceptors (Lipinski definition) is 8. The lowest BCUT2D eigenvalue weighted by Crippen LogP contribution is -2.26. The van der Waals surface area contributed by atoms with E-state index in [0.29, 0.717) is 39.6 Å². The lowest BCUT2D eigenvalue weighted by molar-refractivity contribution is 0.355. The minimum Gasteiger partial charge on any atom is -0.497 e. The fraction of sp³-hybridized carbons (Fsp3) is 0.222. The summed E-state index contributed by atoms with van der Waals surface area (Å²) in [5, 5.41) is 0.330. The standard InChI is InChI=1S/C18H20N4O5/c1-24-10-5-6-14(25-2)13(7-10)22-17(23)11-8-15(26-3)16(27-4)9-12(11)20-18(22)21-19/h5-9H,19H2,1-4H3,(H,20,21). The maximum absolute atomic E-state index is 13.3. The molecule has 0 aliphatic carbocycles. The van der Waals surface area contributed by atoms with Crippen LogP contribution in [0.15, 0.2) is 35.1 Å². The Bertz CT molecular complexity index is 1050. The zero-order valence-electron chi connectivity index (χ0n) is 15.4. The number of nitrogens with one attached hydrogen (secondary N) is 1. The molecule has 1 aromatic heterocycles. The van der Waals surface area contributed by atoms with Gasteiger partial charge >= 0.3 is 0 Å². The molecule has 9 nitrogen and oxygen atoms in total. The highest BCUT2D eigenvalue weighted by Gasteiger charge is 2.18. The molecule has 0 fully saturated rings. The molecule has 0 amide bonds. The smallest absolute Gasteiger partial charge is 0.267 e. The van der Waals surface area contributed by atoms with E-state index >= 15 is 0 Å². The third-order valence-electron chi connectivity index (χ3n) is 4.13. The second kappa shape index (κ2) is 7.42. The van der Waals surface area contributed by atoms with E-state index in [-0.39, 0.29) is 11.5 Å². The summed E-state index contributed by atoms with van der Waals surface area (Å²) in [4.78, 5) is 17.7. The summed E-state index contributed by atoms with van der Waals surface area (Å²) >= 11 is 0. The molecule has 0 saturated heterocycles. The van der Waals surface area contributed by atoms with Gasteiger partial charge < -0.3 is 18.9 Å². The van der Waals surface area contributed by atoms with E-state index in [1.165, 1.54) is 33.0 Å². The molecule has 0 spiro atoms. The van der Waals surface area contributed by atoms with Crippen molar-refractivity contribution in [3.63, 3.8) is 0 Å². The lowest BCUT2D eigenvalue weighted by atomic mass is 10.2. The Morgan fingerprint density at radius 2 is 1.59 bits per heavy atom. The molecule has 27 heavy (non-hydrogen) atoms. The quantitative estimate of drug-likeness (QED) is 0.497. The predicted molar refractivity (Wildman–Crippen MR) is 101 cm³/mol. The van der Waals surface area contributed by atoms with Gasteiger partial charge in [0, 0.05) is 12.1 Å². The summed E-state index contributed by atoms with van der Waals surface area (Å²) in [6, 6.07) is 8.27. The zero-order chi connectivity index (χ0) is 19.6. The molecule has 0 aliphatic heterocycles. The van der Waals surface area contributed by atoms with Crippen LogP contribution in [0, 0.1) is 0 Å². The summed E-state index contributed by atoms with van der Waals surface area (Å²) in [6.45, 7) is 0. The van der Waals surface area contributed by atoms with Gasteiger partial charge in [0.05, 0.1) is 45.0 Å². The number of hydrogen-bond donors (Lipinski definition) is 2. The third kappa shape index (κ3) is 3.08. The SMILES string of the molecule is COc1ccc(OC)c(-n2c(NN)nc3cc(OC)c(OC)cc3c2=O)c1. The van der Waals surface area contributed by atoms with E-state index in [1.54, 1.807) is 30.3 Å². The Morgan fingerprint density at radius 3 is 2.19 bits per heavy atom. The fourth-order valence-corrected chi connectivity index (χ4v) is 2.80. The highest BCUT2D eigenvalue weighted by molar-refractivity contribution is 5.83. The molecule has 0 unspecified atom stereocenters. The topological polar surface area (TPSA) is 110 Å². The van der Waals surface area contributed by atoms with E-state index in [1.807, 2.05) is 0 Å². The van der Waals surface area contributed by atoms with E-state index in [9.17, 15) is 4.79 Å². The number of fused-ring (bicyclic) bond motifs is 1. The van der Waals surface area contributed by atoms with Gasteiger partial charge in [-0.1, -0.05) is 0 Å². The molecule has 0 radical (unpaired) electrons. The van der Waals surface area contributed by atoms with Crippen LogP contribution >= 0.6 is 0 Å². The fourth-order valence-electron chi connectivity index (χ4n) is 2.80. The van der Waals surface area contributed by atoms with E-state index in [2.05, 4.69) is 10.4 Å². The number of aromatic nitrogens is 2. The molecule has 0 aliphatic rings. The number of hydrazine groups is 1. The molecular weight excluding hydrogens is 352 g/mol. The molecule has 9 heteroatoms. The number of benzene rings is 2. The van der Waals surface area contributed by atoms with Crippen molar-refractivity contribution in [3.05, 3.63) is 40.7 Å². The Hall–Kier alpha value is -3.46. The summed E-state index contributed by atoms with van der Waals surface area (Å²) < 4.78 is 22.5. The second-order valence-electron chi connectivity index (χ2n) is 5.48. The van der Waals surface area contributed by atoms with Crippen molar-refractivity contribution < 1.29 is 18.9 Å². The Balaban J connectivity index is 2.40. The number of rotatable bonds is 6. The summed E-state index contributed by atoms with van der Waals surface area (Å²) in [6.07, 6.45) is 0. The van der Waals surface area contributed by atoms with Crippen molar-refractivity contribution in [1.29, 1.82) is 0 Å². The maximum Gasteiger partial charge on any atom is 0.267 e. The average molecular weight is 372 g/mol. The molecule has 3 rings (SSSR count). The monoisotopic (exact) mass is 372 g/mol. The summed E-state index contributed by atoms with van der Waals surface area (Å²) in [7, 11) is 6.05. The first-order valence-corrected chi connectivity index (χ1v) is 7.95. The third-order valence-corrected chi connectivity index (χ3v) is 4.13. The van der Waals surface area contributed by atoms with Crippen LogP contribution in [0.1, 0.15) is 0 Å². The minimum absolute atomic E-state index is 0.131. The van der Waals surface area contributed by atoms with Crippen molar-refractivity contribution in [3.8, 4) is 28.7 Å². The van der Waals surface area contributed by atoms with Gasteiger partial charge in [0.2, 0.25) is 5.95 Å². The largest absolute Gasteiger partial charge is 0.497 e. The molecule has 0 saturated carbocycles. The van der Waals surface area contributed by atoms with Gasteiger partial charge in [-0.3, -0.25) is 10.2 Å². The van der Waals surface area contributed by atoms with Gasteiger partial charge in [0.15, 0.2) is 11.5 Å². The number of nitrogens with zero attached hydrogens (tertiary/aromatic N) is 2. The van der Waals surface area contributed by atoms with Crippen LogP contribution in [0.4, 0.5) is 5.95 Å². The van der Waals surface area contributed by atoms with Crippen molar-refractivity contribution in [2.75, 3.05) is 33.9 Å². The summed E-state index contributed by atoms with van der Waals surface area (Å²) in [5.74, 6) is 7.64. The van der Waals surface area contributed by atoms with Gasteiger partial charge in [0.1, 0.15) is 11.5 Å². The number of nitrogens with two attached hydrogens (primary N) is 1. The first-order chi connectivity index (χ1) is 13.1. The molecule has 1 heterocycles. The van der Waals surface area contributed by atoms with Gasteiger partial charge in [-0.15, -0.1) is 0 Å². The van der Waals surface area contributed by atoms with Gasteiger partial charge in [-0.25, -0.2) is 15.4 Å². The second-order valence-corrected chi connectivity index (χ2v) is 5.48. The predicted octanol–water partition coefficient (Wildman–Crippen LogP) is 1.71. The van der Waals surface area contributed by atoms with E-state index in [0.717, 1.165) is 0 Å². The van der Waals surface area contributed by atoms with E-state index in [4.69, 9.17) is 24.8 Å². The summed E-state index contributed by atoms with van der Waals surface area (Å²) in [5.41, 5.74) is 2.94. The number of ether oxygens (including phenoxy) is 4. The maximum atomic E-state index is 13.3. The van der Waals surface area contributed by atoms with Crippen LogP contribution < -0.4 is 35.8 Å². The molecule has 0 atom stereocenters. The minimum atomic E-state index is -0.361. The van der Waals surface area contributed by atoms with Crippen LogP contribution in [-0.2, 0) is 0 Å². The van der Waals surface area contributed by atoms with Gasteiger partial charge in [0.25, 0.3) is 5.56 Å². The van der Waals surface area contributed by atoms with Gasteiger partial charge in [-0.2, -0.15) is 0 Å². The number of nitrogen functional groups attached to an aromatic ring is 1. The van der Waals surface area contributed by atoms with Crippen LogP contribution in [-0.4, -0.2) is 38.0 Å². The first-order valence-electron chi connectivity index (χ1n) is 7.95. The first kappa shape index (κ1) is 18.3. The highest BCUT2D eigenvalue weighted by atomic mass is 16.5. The van der Waals surface area contributed by atoms with Crippen molar-refractivity contribution in [1.82, 2.24) is 9.55 Å². The zero-order valence-corrected chi connectivity index (χ0v) is 15.4. The number of methoxy groups -OCH3 is 4. The lowest BCUT2D eigenvalue weighted by Gasteiger charge is -2.17. The van der Waals surface area contributed by atoms with Gasteiger partial charge in [-0.05, 0) is 18.2 Å². The number of anilines is 1. The molecule has 0 bridgehead atoms. The highest BCUT2D eigenvalue weighted by Crippen LogP contribution is 2.32. The van der Waals surface area contributed by atoms with Crippen molar-refractivity contribution in [2.45, 2.75) is 0 Å². The van der Waals surface area contributed by atoms with Crippen LogP contribution in [0.25, 0.3) is 16.6 Å². The molecule has 3 aromatic rings. The van der Waals surface area contributed by atoms with E-state index < -0.39 is 0 Å². The Kier molecular flexibility index (Phi) is 5.04. The normalized spacial score (nSPS) is 10.6. The van der Waals surface area contributed by atoms with Crippen molar-refractivity contribution in [2.24, 2.45) is 5.84 Å². The molecular formula is C18H20N4O5. The Labute approximate surface area is 155 Å².